The third kappa shape index (κ3) is 3.20. The molecule has 5 nitrogen and oxygen atoms in total. The second-order valence-corrected chi connectivity index (χ2v) is 6.64. The van der Waals surface area contributed by atoms with Crippen LogP contribution in [0.1, 0.15) is 43.3 Å². The van der Waals surface area contributed by atoms with E-state index in [1.807, 2.05) is 17.8 Å². The Morgan fingerprint density at radius 2 is 2.21 bits per heavy atom. The van der Waals surface area contributed by atoms with Crippen LogP contribution >= 0.6 is 11.3 Å². The van der Waals surface area contributed by atoms with E-state index in [9.17, 15) is 0 Å². The van der Waals surface area contributed by atoms with Crippen LogP contribution in [0.3, 0.4) is 0 Å². The van der Waals surface area contributed by atoms with Crippen molar-refractivity contribution in [3.8, 4) is 0 Å². The molecule has 19 heavy (non-hydrogen) atoms. The predicted octanol–water partition coefficient (Wildman–Crippen LogP) is 1.92. The Labute approximate surface area is 117 Å². The molecular formula is C13H21N5S. The van der Waals surface area contributed by atoms with E-state index in [0.29, 0.717) is 0 Å². The zero-order valence-electron chi connectivity index (χ0n) is 11.8. The van der Waals surface area contributed by atoms with Gasteiger partial charge in [0, 0.05) is 36.7 Å². The molecule has 2 rings (SSSR count). The zero-order chi connectivity index (χ0) is 14.0. The Morgan fingerprint density at radius 3 is 2.68 bits per heavy atom. The van der Waals surface area contributed by atoms with Gasteiger partial charge in [0.2, 0.25) is 0 Å². The van der Waals surface area contributed by atoms with E-state index in [4.69, 9.17) is 10.8 Å². The Bertz CT molecular complexity index is 537. The first-order valence-electron chi connectivity index (χ1n) is 6.30. The van der Waals surface area contributed by atoms with Crippen molar-refractivity contribution in [2.24, 2.45) is 12.9 Å². The Kier molecular flexibility index (Phi) is 4.03. The van der Waals surface area contributed by atoms with E-state index in [1.54, 1.807) is 17.5 Å². The maximum atomic E-state index is 5.65. The molecule has 0 aromatic carbocycles. The third-order valence-electron chi connectivity index (χ3n) is 3.07. The molecule has 0 radical (unpaired) electrons. The van der Waals surface area contributed by atoms with Crippen molar-refractivity contribution in [1.82, 2.24) is 20.0 Å². The Morgan fingerprint density at radius 1 is 1.47 bits per heavy atom. The summed E-state index contributed by atoms with van der Waals surface area (Å²) in [5.74, 6) is 6.57. The lowest BCUT2D eigenvalue weighted by atomic mass is 9.93. The largest absolute Gasteiger partial charge is 0.337 e. The van der Waals surface area contributed by atoms with Gasteiger partial charge < -0.3 is 4.57 Å². The van der Waals surface area contributed by atoms with Crippen LogP contribution in [0.2, 0.25) is 0 Å². The highest BCUT2D eigenvalue weighted by Crippen LogP contribution is 2.26. The Balaban J connectivity index is 2.16. The molecule has 0 aliphatic heterocycles. The average molecular weight is 279 g/mol. The molecule has 0 saturated carbocycles. The minimum absolute atomic E-state index is 0.0148. The summed E-state index contributed by atoms with van der Waals surface area (Å²) in [6.45, 7) is 6.51. The molecule has 0 spiro atoms. The number of hydrogen-bond acceptors (Lipinski definition) is 5. The maximum Gasteiger partial charge on any atom is 0.127 e. The molecule has 0 saturated heterocycles. The molecule has 104 valence electrons. The SMILES string of the molecule is Cn1ccnc1C(Cc1nc(C(C)(C)C)cs1)NN. The van der Waals surface area contributed by atoms with Crippen molar-refractivity contribution in [2.45, 2.75) is 38.6 Å². The van der Waals surface area contributed by atoms with Gasteiger partial charge in [0.05, 0.1) is 16.7 Å². The van der Waals surface area contributed by atoms with Crippen molar-refractivity contribution in [2.75, 3.05) is 0 Å². The van der Waals surface area contributed by atoms with Gasteiger partial charge in [-0.25, -0.2) is 15.4 Å². The third-order valence-corrected chi connectivity index (χ3v) is 3.94. The summed E-state index contributed by atoms with van der Waals surface area (Å²) < 4.78 is 1.98. The first-order valence-corrected chi connectivity index (χ1v) is 7.18. The molecule has 0 fully saturated rings. The number of hydrogen-bond donors (Lipinski definition) is 2. The number of imidazole rings is 1. The van der Waals surface area contributed by atoms with Crippen LogP contribution in [0.15, 0.2) is 17.8 Å². The van der Waals surface area contributed by atoms with Crippen molar-refractivity contribution >= 4 is 11.3 Å². The summed E-state index contributed by atoms with van der Waals surface area (Å²) in [6, 6.07) is -0.0148. The van der Waals surface area contributed by atoms with Crippen LogP contribution in [0, 0.1) is 0 Å². The number of nitrogens with zero attached hydrogens (tertiary/aromatic N) is 3. The summed E-state index contributed by atoms with van der Waals surface area (Å²) in [5.41, 5.74) is 4.04. The van der Waals surface area contributed by atoms with E-state index >= 15 is 0 Å². The van der Waals surface area contributed by atoms with E-state index < -0.39 is 0 Å². The molecule has 2 heterocycles. The zero-order valence-corrected chi connectivity index (χ0v) is 12.7. The lowest BCUT2D eigenvalue weighted by molar-refractivity contribution is 0.503. The highest BCUT2D eigenvalue weighted by molar-refractivity contribution is 7.09. The van der Waals surface area contributed by atoms with Gasteiger partial charge in [-0.1, -0.05) is 20.8 Å². The Hall–Kier alpha value is -1.24. The number of thiazole rings is 1. The molecule has 6 heteroatoms. The topological polar surface area (TPSA) is 68.8 Å². The highest BCUT2D eigenvalue weighted by Gasteiger charge is 2.20. The first kappa shape index (κ1) is 14.2. The number of aromatic nitrogens is 3. The molecule has 0 amide bonds. The summed E-state index contributed by atoms with van der Waals surface area (Å²) in [4.78, 5) is 9.03. The quantitative estimate of drug-likeness (QED) is 0.663. The van der Waals surface area contributed by atoms with Crippen molar-refractivity contribution in [1.29, 1.82) is 0 Å². The van der Waals surface area contributed by atoms with E-state index in [2.05, 4.69) is 36.6 Å². The first-order chi connectivity index (χ1) is 8.91. The van der Waals surface area contributed by atoms with Crippen LogP contribution in [0.25, 0.3) is 0 Å². The summed E-state index contributed by atoms with van der Waals surface area (Å²) >= 11 is 1.68. The summed E-state index contributed by atoms with van der Waals surface area (Å²) in [5, 5.41) is 3.21. The predicted molar refractivity (Wildman–Crippen MR) is 77.8 cm³/mol. The molecule has 2 aromatic heterocycles. The molecule has 1 atom stereocenters. The van der Waals surface area contributed by atoms with Gasteiger partial charge in [-0.2, -0.15) is 0 Å². The smallest absolute Gasteiger partial charge is 0.127 e. The number of aryl methyl sites for hydroxylation is 1. The van der Waals surface area contributed by atoms with Gasteiger partial charge in [0.15, 0.2) is 0 Å². The lowest BCUT2D eigenvalue weighted by Gasteiger charge is -2.15. The molecule has 2 aromatic rings. The minimum Gasteiger partial charge on any atom is -0.337 e. The summed E-state index contributed by atoms with van der Waals surface area (Å²) in [7, 11) is 1.97. The average Bonchev–Trinajstić information content (AvgIpc) is 2.94. The van der Waals surface area contributed by atoms with Crippen molar-refractivity contribution in [3.05, 3.63) is 34.3 Å². The fourth-order valence-corrected chi connectivity index (χ4v) is 2.93. The molecule has 0 aliphatic carbocycles. The standard InChI is InChI=1S/C13H21N5S/c1-13(2,3)10-8-19-11(16-10)7-9(17-14)12-15-5-6-18(12)4/h5-6,8-9,17H,7,14H2,1-4H3. The molecular weight excluding hydrogens is 258 g/mol. The van der Waals surface area contributed by atoms with E-state index in [-0.39, 0.29) is 11.5 Å². The van der Waals surface area contributed by atoms with Gasteiger partial charge >= 0.3 is 0 Å². The van der Waals surface area contributed by atoms with Gasteiger partial charge in [0.1, 0.15) is 5.82 Å². The number of nitrogens with two attached hydrogens (primary N) is 1. The molecule has 1 unspecified atom stereocenters. The maximum absolute atomic E-state index is 5.65. The van der Waals surface area contributed by atoms with Crippen LogP contribution < -0.4 is 11.3 Å². The second-order valence-electron chi connectivity index (χ2n) is 5.70. The number of nitrogens with one attached hydrogen (secondary N) is 1. The highest BCUT2D eigenvalue weighted by atomic mass is 32.1. The molecule has 0 aliphatic rings. The normalized spacial score (nSPS) is 13.7. The lowest BCUT2D eigenvalue weighted by Crippen LogP contribution is -2.31. The fraction of sp³-hybridized carbons (Fsp3) is 0.538. The van der Waals surface area contributed by atoms with Crippen molar-refractivity contribution < 1.29 is 0 Å². The monoisotopic (exact) mass is 279 g/mol. The van der Waals surface area contributed by atoms with Crippen molar-refractivity contribution in [3.63, 3.8) is 0 Å². The molecule has 0 bridgehead atoms. The number of hydrazine groups is 1. The number of rotatable bonds is 4. The van der Waals surface area contributed by atoms with Gasteiger partial charge in [-0.15, -0.1) is 11.3 Å². The van der Waals surface area contributed by atoms with Crippen LogP contribution in [0.4, 0.5) is 0 Å². The van der Waals surface area contributed by atoms with Gasteiger partial charge in [-0.3, -0.25) is 5.84 Å². The van der Waals surface area contributed by atoms with E-state index in [1.165, 1.54) is 0 Å². The van der Waals surface area contributed by atoms with Crippen LogP contribution in [-0.4, -0.2) is 14.5 Å². The fourth-order valence-electron chi connectivity index (χ4n) is 1.86. The van der Waals surface area contributed by atoms with Crippen LogP contribution in [-0.2, 0) is 18.9 Å². The van der Waals surface area contributed by atoms with E-state index in [0.717, 1.165) is 22.9 Å². The van der Waals surface area contributed by atoms with Gasteiger partial charge in [0.25, 0.3) is 0 Å². The summed E-state index contributed by atoms with van der Waals surface area (Å²) in [6.07, 6.45) is 4.45. The van der Waals surface area contributed by atoms with Gasteiger partial charge in [-0.05, 0) is 0 Å². The van der Waals surface area contributed by atoms with Crippen LogP contribution in [0.5, 0.6) is 0 Å². The minimum atomic E-state index is -0.0148. The molecule has 3 N–H and O–H groups in total. The second kappa shape index (κ2) is 5.40.